The Balaban J connectivity index is 1.78. The number of rotatable bonds is 6. The quantitative estimate of drug-likeness (QED) is 0.491. The molecule has 0 bridgehead atoms. The van der Waals surface area contributed by atoms with E-state index in [1.54, 1.807) is 0 Å². The summed E-state index contributed by atoms with van der Waals surface area (Å²) in [4.78, 5) is 0. The van der Waals surface area contributed by atoms with E-state index in [2.05, 4.69) is 25.7 Å². The minimum Gasteiger partial charge on any atom is -0.393 e. The lowest BCUT2D eigenvalue weighted by Crippen LogP contribution is -2.48. The van der Waals surface area contributed by atoms with Crippen LogP contribution in [0.2, 0.25) is 0 Å². The Kier molecular flexibility index (Phi) is 7.57. The summed E-state index contributed by atoms with van der Waals surface area (Å²) in [6.45, 7) is 12.1. The first kappa shape index (κ1) is 24.7. The summed E-state index contributed by atoms with van der Waals surface area (Å²) in [7, 11) is 0. The number of fused-ring (bicyclic) bond motifs is 1. The molecule has 0 saturated heterocycles. The molecule has 0 spiro atoms. The van der Waals surface area contributed by atoms with Gasteiger partial charge in [0.1, 0.15) is 0 Å². The molecule has 3 aliphatic carbocycles. The summed E-state index contributed by atoms with van der Waals surface area (Å²) in [5.41, 5.74) is 2.76. The summed E-state index contributed by atoms with van der Waals surface area (Å²) in [5, 5.41) is 42.3. The Labute approximate surface area is 188 Å². The second-order valence-corrected chi connectivity index (χ2v) is 11.3. The van der Waals surface area contributed by atoms with Gasteiger partial charge in [0.15, 0.2) is 0 Å². The van der Waals surface area contributed by atoms with Crippen LogP contribution in [-0.2, 0) is 0 Å². The highest BCUT2D eigenvalue weighted by atomic mass is 16.3. The van der Waals surface area contributed by atoms with Crippen LogP contribution in [0, 0.1) is 23.2 Å². The zero-order chi connectivity index (χ0) is 23.0. The van der Waals surface area contributed by atoms with Crippen LogP contribution in [0.1, 0.15) is 85.5 Å². The molecule has 3 aliphatic rings. The van der Waals surface area contributed by atoms with Gasteiger partial charge in [-0.25, -0.2) is 0 Å². The van der Waals surface area contributed by atoms with E-state index < -0.39 is 17.8 Å². The second kappa shape index (κ2) is 9.51. The predicted molar refractivity (Wildman–Crippen MR) is 125 cm³/mol. The zero-order valence-electron chi connectivity index (χ0n) is 20.0. The highest BCUT2D eigenvalue weighted by molar-refractivity contribution is 5.36. The minimum atomic E-state index is -1.01. The van der Waals surface area contributed by atoms with Gasteiger partial charge in [-0.1, -0.05) is 50.6 Å². The molecule has 31 heavy (non-hydrogen) atoms. The normalized spacial score (nSPS) is 38.4. The maximum Gasteiger partial charge on any atom is 0.0829 e. The molecular formula is C27H44O4. The molecule has 3 fully saturated rings. The van der Waals surface area contributed by atoms with Crippen molar-refractivity contribution in [3.8, 4) is 0 Å². The summed E-state index contributed by atoms with van der Waals surface area (Å²) in [6.07, 6.45) is 10.3. The standard InChI is InChI=1S/C27H44O4/c1-17(2)25(30)23(29)16-27(5,31)24-13-12-22-19(7-6-14-26(22,24)4)9-10-20-15-21(28)11-8-18(20)3/h9-10,17,21-25,28-31H,3,6-8,11-16H2,1-2,4-5H3/b19-9+,20-10-/t21-,22-,23?,24-,25?,26-,27-/m0/s1. The third kappa shape index (κ3) is 5.19. The predicted octanol–water partition coefficient (Wildman–Crippen LogP) is 4.68. The Morgan fingerprint density at radius 2 is 1.87 bits per heavy atom. The Morgan fingerprint density at radius 1 is 1.16 bits per heavy atom. The lowest BCUT2D eigenvalue weighted by Gasteiger charge is -2.48. The molecule has 4 nitrogen and oxygen atoms in total. The Morgan fingerprint density at radius 3 is 2.55 bits per heavy atom. The molecular weight excluding hydrogens is 388 g/mol. The molecule has 0 aromatic rings. The summed E-state index contributed by atoms with van der Waals surface area (Å²) >= 11 is 0. The van der Waals surface area contributed by atoms with E-state index in [0.717, 1.165) is 50.5 Å². The smallest absolute Gasteiger partial charge is 0.0829 e. The van der Waals surface area contributed by atoms with Gasteiger partial charge in [0, 0.05) is 6.42 Å². The van der Waals surface area contributed by atoms with Crippen LogP contribution in [0.5, 0.6) is 0 Å². The molecule has 0 heterocycles. The largest absolute Gasteiger partial charge is 0.393 e. The van der Waals surface area contributed by atoms with E-state index in [-0.39, 0.29) is 29.8 Å². The van der Waals surface area contributed by atoms with Crippen LogP contribution in [0.25, 0.3) is 0 Å². The van der Waals surface area contributed by atoms with E-state index in [1.165, 1.54) is 11.1 Å². The van der Waals surface area contributed by atoms with Crippen LogP contribution < -0.4 is 0 Å². The van der Waals surface area contributed by atoms with Crippen molar-refractivity contribution >= 4 is 0 Å². The van der Waals surface area contributed by atoms with Crippen molar-refractivity contribution in [1.29, 1.82) is 0 Å². The van der Waals surface area contributed by atoms with Crippen LogP contribution in [0.3, 0.4) is 0 Å². The molecule has 3 rings (SSSR count). The molecule has 0 radical (unpaired) electrons. The fourth-order valence-electron chi connectivity index (χ4n) is 6.79. The van der Waals surface area contributed by atoms with E-state index in [0.29, 0.717) is 12.3 Å². The van der Waals surface area contributed by atoms with Gasteiger partial charge in [0.05, 0.1) is 23.9 Å². The maximum atomic E-state index is 11.5. The molecule has 176 valence electrons. The lowest BCUT2D eigenvalue weighted by atomic mass is 9.59. The third-order valence-corrected chi connectivity index (χ3v) is 8.60. The van der Waals surface area contributed by atoms with Crippen LogP contribution >= 0.6 is 0 Å². The van der Waals surface area contributed by atoms with Crippen molar-refractivity contribution in [2.75, 3.05) is 0 Å². The first-order valence-corrected chi connectivity index (χ1v) is 12.3. The van der Waals surface area contributed by atoms with Gasteiger partial charge in [-0.3, -0.25) is 0 Å². The molecule has 0 aromatic carbocycles. The van der Waals surface area contributed by atoms with Crippen molar-refractivity contribution in [2.45, 2.75) is 109 Å². The number of allylic oxidation sites excluding steroid dienone is 4. The summed E-state index contributed by atoms with van der Waals surface area (Å²) < 4.78 is 0. The molecule has 4 N–H and O–H groups in total. The minimum absolute atomic E-state index is 0.00230. The van der Waals surface area contributed by atoms with Gasteiger partial charge >= 0.3 is 0 Å². The number of aliphatic hydroxyl groups is 4. The molecule has 0 amide bonds. The van der Waals surface area contributed by atoms with Crippen LogP contribution in [-0.4, -0.2) is 44.3 Å². The van der Waals surface area contributed by atoms with Gasteiger partial charge in [-0.2, -0.15) is 0 Å². The van der Waals surface area contributed by atoms with Crippen molar-refractivity contribution < 1.29 is 20.4 Å². The van der Waals surface area contributed by atoms with E-state index >= 15 is 0 Å². The molecule has 4 heteroatoms. The SMILES string of the molecule is C=C1CC[C@H](O)C/C1=C/C=C1\CCC[C@@]2(C)[C@H]1CC[C@@H]2[C@@](C)(O)CC(O)C(O)C(C)C. The second-order valence-electron chi connectivity index (χ2n) is 11.3. The molecule has 0 aromatic heterocycles. The average molecular weight is 433 g/mol. The average Bonchev–Trinajstić information content (AvgIpc) is 3.06. The van der Waals surface area contributed by atoms with Gasteiger partial charge in [-0.05, 0) is 87.0 Å². The van der Waals surface area contributed by atoms with Gasteiger partial charge in [0.25, 0.3) is 0 Å². The first-order chi connectivity index (χ1) is 14.5. The highest BCUT2D eigenvalue weighted by Crippen LogP contribution is 2.60. The third-order valence-electron chi connectivity index (χ3n) is 8.60. The Hall–Kier alpha value is -0.940. The van der Waals surface area contributed by atoms with E-state index in [9.17, 15) is 20.4 Å². The van der Waals surface area contributed by atoms with Gasteiger partial charge < -0.3 is 20.4 Å². The number of hydrogen-bond acceptors (Lipinski definition) is 4. The van der Waals surface area contributed by atoms with E-state index in [1.807, 2.05) is 20.8 Å². The van der Waals surface area contributed by atoms with Crippen LogP contribution in [0.15, 0.2) is 35.5 Å². The zero-order valence-corrected chi connectivity index (χ0v) is 20.0. The van der Waals surface area contributed by atoms with Gasteiger partial charge in [-0.15, -0.1) is 0 Å². The molecule has 0 aliphatic heterocycles. The monoisotopic (exact) mass is 432 g/mol. The maximum absolute atomic E-state index is 11.5. The Bertz CT molecular complexity index is 719. The highest BCUT2D eigenvalue weighted by Gasteiger charge is 2.55. The van der Waals surface area contributed by atoms with Crippen molar-refractivity contribution in [1.82, 2.24) is 0 Å². The van der Waals surface area contributed by atoms with E-state index in [4.69, 9.17) is 0 Å². The van der Waals surface area contributed by atoms with Crippen LogP contribution in [0.4, 0.5) is 0 Å². The molecule has 7 atom stereocenters. The van der Waals surface area contributed by atoms with Crippen molar-refractivity contribution in [3.05, 3.63) is 35.5 Å². The lowest BCUT2D eigenvalue weighted by molar-refractivity contribution is -0.109. The fourth-order valence-corrected chi connectivity index (χ4v) is 6.79. The van der Waals surface area contributed by atoms with Crippen molar-refractivity contribution in [3.63, 3.8) is 0 Å². The fraction of sp³-hybridized carbons (Fsp3) is 0.778. The van der Waals surface area contributed by atoms with Crippen molar-refractivity contribution in [2.24, 2.45) is 23.2 Å². The topological polar surface area (TPSA) is 80.9 Å². The number of aliphatic hydroxyl groups excluding tert-OH is 3. The molecule has 2 unspecified atom stereocenters. The summed E-state index contributed by atoms with van der Waals surface area (Å²) in [6, 6.07) is 0. The first-order valence-electron chi connectivity index (χ1n) is 12.3. The summed E-state index contributed by atoms with van der Waals surface area (Å²) in [5.74, 6) is 0.494. The van der Waals surface area contributed by atoms with Gasteiger partial charge in [0.2, 0.25) is 0 Å². The molecule has 3 saturated carbocycles. The number of hydrogen-bond donors (Lipinski definition) is 4.